The Hall–Kier alpha value is -0.460. The fraction of sp³-hybridized carbons (Fsp3) is 0.889. The summed E-state index contributed by atoms with van der Waals surface area (Å²) < 4.78 is 10.6. The monoisotopic (exact) mass is 330 g/mol. The maximum absolute atomic E-state index is 9.87. The van der Waals surface area contributed by atoms with Crippen molar-refractivity contribution in [2.45, 2.75) is 82.7 Å². The van der Waals surface area contributed by atoms with Gasteiger partial charge in [-0.15, -0.1) is 0 Å². The van der Waals surface area contributed by atoms with Crippen LogP contribution in [0.3, 0.4) is 0 Å². The summed E-state index contributed by atoms with van der Waals surface area (Å²) in [5.41, 5.74) is 0. The molecule has 1 aliphatic heterocycles. The molecule has 0 amide bonds. The van der Waals surface area contributed by atoms with Crippen LogP contribution in [0.4, 0.5) is 0 Å². The van der Waals surface area contributed by atoms with Gasteiger partial charge in [0.2, 0.25) is 0 Å². The molecule has 23 heavy (non-hydrogen) atoms. The van der Waals surface area contributed by atoms with Gasteiger partial charge in [0.05, 0.1) is 13.2 Å². The summed E-state index contributed by atoms with van der Waals surface area (Å²) in [7, 11) is 0. The number of hydrogen-bond acceptors (Lipinski definition) is 5. The Balaban J connectivity index is 1.89. The smallest absolute Gasteiger partial charge is 0.114 e. The third kappa shape index (κ3) is 8.82. The molecular formula is C18H34O5. The van der Waals surface area contributed by atoms with Crippen molar-refractivity contribution in [3.05, 3.63) is 12.2 Å². The summed E-state index contributed by atoms with van der Waals surface area (Å²) in [4.78, 5) is 0. The van der Waals surface area contributed by atoms with Crippen molar-refractivity contribution in [3.63, 3.8) is 0 Å². The topological polar surface area (TPSA) is 79.2 Å². The molecule has 0 aromatic rings. The summed E-state index contributed by atoms with van der Waals surface area (Å²) in [6.45, 7) is 3.01. The van der Waals surface area contributed by atoms with Crippen molar-refractivity contribution in [3.8, 4) is 0 Å². The van der Waals surface area contributed by atoms with E-state index in [9.17, 15) is 15.3 Å². The quantitative estimate of drug-likeness (QED) is 0.356. The Morgan fingerprint density at radius 1 is 1.09 bits per heavy atom. The molecule has 0 bridgehead atoms. The van der Waals surface area contributed by atoms with E-state index in [1.54, 1.807) is 0 Å². The standard InChI is InChI=1S/C18H34O5/c1-2-3-4-5-6-7-8-9-10-11-12-22-13-16(20)18-17(21)15(19)14-23-18/h5-6,15-21H,2-4,7-14H2,1H3/b6-5+/t15-,16+,17+,18+/m0/s1. The number of ether oxygens (including phenoxy) is 2. The molecule has 5 heteroatoms. The highest BCUT2D eigenvalue weighted by Crippen LogP contribution is 2.17. The lowest BCUT2D eigenvalue weighted by atomic mass is 10.1. The molecule has 5 nitrogen and oxygen atoms in total. The van der Waals surface area contributed by atoms with Crippen LogP contribution in [-0.4, -0.2) is 59.6 Å². The largest absolute Gasteiger partial charge is 0.388 e. The van der Waals surface area contributed by atoms with E-state index in [2.05, 4.69) is 19.1 Å². The maximum Gasteiger partial charge on any atom is 0.114 e. The Morgan fingerprint density at radius 2 is 1.78 bits per heavy atom. The average Bonchev–Trinajstić information content (AvgIpc) is 2.88. The van der Waals surface area contributed by atoms with Gasteiger partial charge >= 0.3 is 0 Å². The number of aliphatic hydroxyl groups is 3. The molecule has 0 spiro atoms. The highest BCUT2D eigenvalue weighted by atomic mass is 16.5. The van der Waals surface area contributed by atoms with E-state index in [4.69, 9.17) is 9.47 Å². The van der Waals surface area contributed by atoms with Gasteiger partial charge in [0.1, 0.15) is 24.4 Å². The van der Waals surface area contributed by atoms with Crippen LogP contribution in [-0.2, 0) is 9.47 Å². The molecule has 1 rings (SSSR count). The van der Waals surface area contributed by atoms with E-state index in [1.165, 1.54) is 32.1 Å². The van der Waals surface area contributed by atoms with E-state index in [1.807, 2.05) is 0 Å². The lowest BCUT2D eigenvalue weighted by Crippen LogP contribution is -2.40. The molecule has 0 unspecified atom stereocenters. The fourth-order valence-corrected chi connectivity index (χ4v) is 2.64. The molecule has 1 heterocycles. The fourth-order valence-electron chi connectivity index (χ4n) is 2.64. The van der Waals surface area contributed by atoms with Gasteiger partial charge in [-0.05, 0) is 25.7 Å². The summed E-state index contributed by atoms with van der Waals surface area (Å²) in [5.74, 6) is 0. The molecule has 4 atom stereocenters. The molecule has 0 aromatic heterocycles. The van der Waals surface area contributed by atoms with E-state index in [-0.39, 0.29) is 13.2 Å². The second kappa shape index (κ2) is 12.9. The SMILES string of the molecule is CCCC/C=C/CCCCCCOC[C@@H](O)[C@H]1OC[C@H](O)[C@H]1O. The van der Waals surface area contributed by atoms with E-state index < -0.39 is 24.4 Å². The molecule has 3 N–H and O–H groups in total. The first-order valence-electron chi connectivity index (χ1n) is 9.05. The van der Waals surface area contributed by atoms with Gasteiger partial charge < -0.3 is 24.8 Å². The molecule has 0 radical (unpaired) electrons. The van der Waals surface area contributed by atoms with E-state index in [0.29, 0.717) is 6.61 Å². The Bertz CT molecular complexity index is 308. The van der Waals surface area contributed by atoms with Gasteiger partial charge in [0.15, 0.2) is 0 Å². The van der Waals surface area contributed by atoms with Crippen molar-refractivity contribution < 1.29 is 24.8 Å². The zero-order valence-electron chi connectivity index (χ0n) is 14.4. The minimum Gasteiger partial charge on any atom is -0.388 e. The number of rotatable bonds is 13. The van der Waals surface area contributed by atoms with Crippen molar-refractivity contribution in [1.82, 2.24) is 0 Å². The van der Waals surface area contributed by atoms with Crippen LogP contribution in [0.2, 0.25) is 0 Å². The average molecular weight is 330 g/mol. The molecule has 0 aliphatic carbocycles. The van der Waals surface area contributed by atoms with Gasteiger partial charge in [0.25, 0.3) is 0 Å². The first kappa shape index (κ1) is 20.6. The minimum absolute atomic E-state index is 0.0653. The number of unbranched alkanes of at least 4 members (excludes halogenated alkanes) is 6. The summed E-state index contributed by atoms with van der Waals surface area (Å²) in [5, 5.41) is 28.9. The molecule has 136 valence electrons. The van der Waals surface area contributed by atoms with Crippen LogP contribution in [0.15, 0.2) is 12.2 Å². The third-order valence-corrected chi connectivity index (χ3v) is 4.16. The molecule has 0 saturated carbocycles. The lowest BCUT2D eigenvalue weighted by molar-refractivity contribution is -0.0813. The summed E-state index contributed by atoms with van der Waals surface area (Å²) >= 11 is 0. The van der Waals surface area contributed by atoms with Gasteiger partial charge in [-0.2, -0.15) is 0 Å². The van der Waals surface area contributed by atoms with Gasteiger partial charge in [-0.1, -0.05) is 44.8 Å². The lowest BCUT2D eigenvalue weighted by Gasteiger charge is -2.20. The summed E-state index contributed by atoms with van der Waals surface area (Å²) in [6.07, 6.45) is 10.4. The molecular weight excluding hydrogens is 296 g/mol. The first-order valence-corrected chi connectivity index (χ1v) is 9.05. The van der Waals surface area contributed by atoms with Crippen LogP contribution in [0.25, 0.3) is 0 Å². The predicted molar refractivity (Wildman–Crippen MR) is 90.3 cm³/mol. The molecule has 1 aliphatic rings. The third-order valence-electron chi connectivity index (χ3n) is 4.16. The highest BCUT2D eigenvalue weighted by Gasteiger charge is 2.39. The van der Waals surface area contributed by atoms with Crippen LogP contribution in [0.5, 0.6) is 0 Å². The second-order valence-corrected chi connectivity index (χ2v) is 6.31. The minimum atomic E-state index is -1.03. The normalized spacial score (nSPS) is 26.2. The maximum atomic E-state index is 9.87. The van der Waals surface area contributed by atoms with Crippen LogP contribution in [0.1, 0.15) is 58.3 Å². The number of hydrogen-bond donors (Lipinski definition) is 3. The van der Waals surface area contributed by atoms with E-state index >= 15 is 0 Å². The predicted octanol–water partition coefficient (Wildman–Crippen LogP) is 2.18. The van der Waals surface area contributed by atoms with Crippen LogP contribution >= 0.6 is 0 Å². The van der Waals surface area contributed by atoms with Crippen molar-refractivity contribution in [2.24, 2.45) is 0 Å². The van der Waals surface area contributed by atoms with Gasteiger partial charge in [0, 0.05) is 6.61 Å². The van der Waals surface area contributed by atoms with Crippen LogP contribution < -0.4 is 0 Å². The first-order chi connectivity index (χ1) is 11.2. The number of allylic oxidation sites excluding steroid dienone is 2. The van der Waals surface area contributed by atoms with Gasteiger partial charge in [-0.25, -0.2) is 0 Å². The van der Waals surface area contributed by atoms with Crippen LogP contribution in [0, 0.1) is 0 Å². The zero-order chi connectivity index (χ0) is 16.9. The Morgan fingerprint density at radius 3 is 2.43 bits per heavy atom. The Labute approximate surface area is 140 Å². The Kier molecular flexibility index (Phi) is 11.5. The summed E-state index contributed by atoms with van der Waals surface area (Å²) in [6, 6.07) is 0. The number of aliphatic hydroxyl groups excluding tert-OH is 3. The molecule has 1 saturated heterocycles. The molecule has 1 fully saturated rings. The second-order valence-electron chi connectivity index (χ2n) is 6.31. The van der Waals surface area contributed by atoms with Crippen molar-refractivity contribution in [2.75, 3.05) is 19.8 Å². The zero-order valence-corrected chi connectivity index (χ0v) is 14.4. The highest BCUT2D eigenvalue weighted by molar-refractivity contribution is 4.87. The van der Waals surface area contributed by atoms with E-state index in [0.717, 1.165) is 19.3 Å². The molecule has 0 aromatic carbocycles. The van der Waals surface area contributed by atoms with Crippen molar-refractivity contribution in [1.29, 1.82) is 0 Å². The van der Waals surface area contributed by atoms with Crippen molar-refractivity contribution >= 4 is 0 Å². The van der Waals surface area contributed by atoms with Gasteiger partial charge in [-0.3, -0.25) is 0 Å².